The molecule has 1 heterocycles. The summed E-state index contributed by atoms with van der Waals surface area (Å²) in [7, 11) is 2.75. The molecule has 0 radical (unpaired) electrons. The van der Waals surface area contributed by atoms with Crippen LogP contribution < -0.4 is 9.47 Å². The third kappa shape index (κ3) is 3.76. The molecule has 0 bridgehead atoms. The minimum absolute atomic E-state index is 0.164. The Morgan fingerprint density at radius 3 is 2.52 bits per heavy atom. The molecule has 0 N–H and O–H groups in total. The normalized spacial score (nSPS) is 12.4. The molecular weight excluding hydrogens is 375 g/mol. The second kappa shape index (κ2) is 7.87. The van der Waals surface area contributed by atoms with Gasteiger partial charge in [0.15, 0.2) is 17.4 Å². The molecule has 0 aliphatic heterocycles. The highest BCUT2D eigenvalue weighted by Gasteiger charge is 2.22. The van der Waals surface area contributed by atoms with E-state index in [0.29, 0.717) is 28.6 Å². The van der Waals surface area contributed by atoms with Gasteiger partial charge in [-0.3, -0.25) is 0 Å². The number of carbonyl (C=O) groups is 1. The van der Waals surface area contributed by atoms with Crippen LogP contribution in [0.25, 0.3) is 11.4 Å². The van der Waals surface area contributed by atoms with Crippen LogP contribution in [-0.2, 0) is 17.6 Å². The van der Waals surface area contributed by atoms with Crippen LogP contribution in [0, 0.1) is 5.82 Å². The maximum Gasteiger partial charge on any atom is 0.337 e. The number of hydrogen-bond donors (Lipinski definition) is 0. The predicted molar refractivity (Wildman–Crippen MR) is 104 cm³/mol. The highest BCUT2D eigenvalue weighted by atomic mass is 19.1. The van der Waals surface area contributed by atoms with Crippen molar-refractivity contribution in [2.75, 3.05) is 14.2 Å². The van der Waals surface area contributed by atoms with E-state index >= 15 is 0 Å². The second-order valence-electron chi connectivity index (χ2n) is 6.60. The van der Waals surface area contributed by atoms with Crippen LogP contribution in [0.2, 0.25) is 0 Å². The number of benzene rings is 2. The van der Waals surface area contributed by atoms with Gasteiger partial charge < -0.3 is 14.2 Å². The zero-order valence-electron chi connectivity index (χ0n) is 16.1. The first-order valence-electron chi connectivity index (χ1n) is 9.19. The number of ether oxygens (including phenoxy) is 3. The summed E-state index contributed by atoms with van der Waals surface area (Å²) in [5, 5.41) is 0. The lowest BCUT2D eigenvalue weighted by atomic mass is 10.1. The smallest absolute Gasteiger partial charge is 0.337 e. The zero-order valence-corrected chi connectivity index (χ0v) is 16.1. The fourth-order valence-electron chi connectivity index (χ4n) is 3.31. The lowest BCUT2D eigenvalue weighted by molar-refractivity contribution is 0.0600. The van der Waals surface area contributed by atoms with E-state index < -0.39 is 11.8 Å². The fraction of sp³-hybridized carbons (Fsp3) is 0.227. The minimum Gasteiger partial charge on any atom is -0.494 e. The van der Waals surface area contributed by atoms with Crippen LogP contribution in [0.4, 0.5) is 4.39 Å². The van der Waals surface area contributed by atoms with Gasteiger partial charge >= 0.3 is 5.97 Å². The van der Waals surface area contributed by atoms with Crippen molar-refractivity contribution in [2.45, 2.75) is 19.3 Å². The van der Waals surface area contributed by atoms with E-state index in [1.54, 1.807) is 36.4 Å². The van der Waals surface area contributed by atoms with Gasteiger partial charge in [-0.05, 0) is 61.7 Å². The first-order valence-corrected chi connectivity index (χ1v) is 9.19. The number of carbonyl (C=O) groups excluding carboxylic acids is 1. The first-order chi connectivity index (χ1) is 14.1. The average molecular weight is 394 g/mol. The highest BCUT2D eigenvalue weighted by molar-refractivity contribution is 5.89. The summed E-state index contributed by atoms with van der Waals surface area (Å²) in [5.74, 6) is 0.658. The molecule has 0 amide bonds. The van der Waals surface area contributed by atoms with E-state index in [1.165, 1.54) is 20.3 Å². The number of aryl methyl sites for hydroxylation is 1. The van der Waals surface area contributed by atoms with Crippen LogP contribution in [0.1, 0.15) is 28.0 Å². The number of methoxy groups -OCH3 is 2. The Bertz CT molecular complexity index is 1070. The molecule has 0 fully saturated rings. The molecule has 1 aliphatic carbocycles. The zero-order chi connectivity index (χ0) is 20.4. The van der Waals surface area contributed by atoms with Gasteiger partial charge in [0.1, 0.15) is 5.75 Å². The number of rotatable bonds is 5. The Balaban J connectivity index is 1.68. The number of hydrogen-bond acceptors (Lipinski definition) is 6. The van der Waals surface area contributed by atoms with Crippen LogP contribution in [-0.4, -0.2) is 30.2 Å². The average Bonchev–Trinajstić information content (AvgIpc) is 3.22. The summed E-state index contributed by atoms with van der Waals surface area (Å²) in [6.45, 7) is 0. The van der Waals surface area contributed by atoms with Crippen molar-refractivity contribution in [3.05, 3.63) is 65.1 Å². The third-order valence-electron chi connectivity index (χ3n) is 4.80. The lowest BCUT2D eigenvalue weighted by Crippen LogP contribution is -2.02. The molecule has 0 saturated carbocycles. The Morgan fingerprint density at radius 1 is 1.03 bits per heavy atom. The Kier molecular flexibility index (Phi) is 5.12. The molecule has 7 heteroatoms. The SMILES string of the molecule is COC(=O)c1ccc(Oc2nc(-c3ccc(OC)c(F)c3)nc3c2CCC3)cc1. The van der Waals surface area contributed by atoms with E-state index in [4.69, 9.17) is 14.2 Å². The van der Waals surface area contributed by atoms with E-state index in [0.717, 1.165) is 30.5 Å². The highest BCUT2D eigenvalue weighted by Crippen LogP contribution is 2.34. The molecule has 3 aromatic rings. The van der Waals surface area contributed by atoms with Crippen LogP contribution in [0.3, 0.4) is 0 Å². The van der Waals surface area contributed by atoms with Crippen molar-refractivity contribution in [1.82, 2.24) is 9.97 Å². The molecule has 29 heavy (non-hydrogen) atoms. The van der Waals surface area contributed by atoms with Gasteiger partial charge in [0.05, 0.1) is 25.5 Å². The predicted octanol–water partition coefficient (Wildman–Crippen LogP) is 4.36. The van der Waals surface area contributed by atoms with Gasteiger partial charge in [0.2, 0.25) is 5.88 Å². The van der Waals surface area contributed by atoms with Crippen molar-refractivity contribution in [2.24, 2.45) is 0 Å². The second-order valence-corrected chi connectivity index (χ2v) is 6.60. The number of esters is 1. The Morgan fingerprint density at radius 2 is 1.83 bits per heavy atom. The van der Waals surface area contributed by atoms with Gasteiger partial charge in [0.25, 0.3) is 0 Å². The standard InChI is InChI=1S/C22H19FN2O4/c1-27-19-11-8-14(12-17(19)23)20-24-18-5-3-4-16(18)21(25-20)29-15-9-6-13(7-10-15)22(26)28-2/h6-12H,3-5H2,1-2H3. The van der Waals surface area contributed by atoms with Gasteiger partial charge in [-0.2, -0.15) is 4.98 Å². The molecule has 148 valence electrons. The molecule has 4 rings (SSSR count). The summed E-state index contributed by atoms with van der Waals surface area (Å²) in [4.78, 5) is 20.7. The quantitative estimate of drug-likeness (QED) is 0.599. The Hall–Kier alpha value is -3.48. The molecule has 0 atom stereocenters. The fourth-order valence-corrected chi connectivity index (χ4v) is 3.31. The third-order valence-corrected chi connectivity index (χ3v) is 4.80. The maximum atomic E-state index is 14.1. The van der Waals surface area contributed by atoms with Gasteiger partial charge in [0, 0.05) is 11.1 Å². The van der Waals surface area contributed by atoms with E-state index in [2.05, 4.69) is 9.97 Å². The van der Waals surface area contributed by atoms with E-state index in [9.17, 15) is 9.18 Å². The molecule has 0 saturated heterocycles. The monoisotopic (exact) mass is 394 g/mol. The molecule has 6 nitrogen and oxygen atoms in total. The summed E-state index contributed by atoms with van der Waals surface area (Å²) in [6, 6.07) is 11.2. The van der Waals surface area contributed by atoms with Crippen molar-refractivity contribution < 1.29 is 23.4 Å². The number of halogens is 1. The largest absolute Gasteiger partial charge is 0.494 e. The Labute approximate surface area is 167 Å². The van der Waals surface area contributed by atoms with Crippen molar-refractivity contribution >= 4 is 5.97 Å². The van der Waals surface area contributed by atoms with Crippen molar-refractivity contribution in [1.29, 1.82) is 0 Å². The topological polar surface area (TPSA) is 70.5 Å². The van der Waals surface area contributed by atoms with Crippen LogP contribution in [0.5, 0.6) is 17.4 Å². The minimum atomic E-state index is -0.477. The number of fused-ring (bicyclic) bond motifs is 1. The number of aromatic nitrogens is 2. The van der Waals surface area contributed by atoms with Gasteiger partial charge in [-0.15, -0.1) is 0 Å². The van der Waals surface area contributed by atoms with Crippen LogP contribution >= 0.6 is 0 Å². The van der Waals surface area contributed by atoms with Gasteiger partial charge in [-0.25, -0.2) is 14.2 Å². The van der Waals surface area contributed by atoms with Gasteiger partial charge in [-0.1, -0.05) is 0 Å². The maximum absolute atomic E-state index is 14.1. The molecule has 2 aromatic carbocycles. The lowest BCUT2D eigenvalue weighted by Gasteiger charge is -2.12. The van der Waals surface area contributed by atoms with Crippen molar-refractivity contribution in [3.8, 4) is 28.8 Å². The molecule has 1 aromatic heterocycles. The summed E-state index contributed by atoms with van der Waals surface area (Å²) < 4.78 is 29.8. The number of nitrogens with zero attached hydrogens (tertiary/aromatic N) is 2. The first kappa shape index (κ1) is 18.9. The summed E-state index contributed by atoms with van der Waals surface area (Å²) in [6.07, 6.45) is 2.60. The molecule has 0 unspecified atom stereocenters. The summed E-state index contributed by atoms with van der Waals surface area (Å²) >= 11 is 0. The summed E-state index contributed by atoms with van der Waals surface area (Å²) in [5.41, 5.74) is 2.85. The molecule has 1 aliphatic rings. The van der Waals surface area contributed by atoms with E-state index in [1.807, 2.05) is 0 Å². The van der Waals surface area contributed by atoms with Crippen molar-refractivity contribution in [3.63, 3.8) is 0 Å². The molecule has 0 spiro atoms. The molecular formula is C22H19FN2O4. The van der Waals surface area contributed by atoms with Crippen LogP contribution in [0.15, 0.2) is 42.5 Å². The van der Waals surface area contributed by atoms with E-state index in [-0.39, 0.29) is 5.75 Å².